The number of rotatable bonds is 4. The molecular weight excluding hydrogens is 429 g/mol. The Bertz CT molecular complexity index is 929. The van der Waals surface area contributed by atoms with E-state index in [2.05, 4.69) is 9.88 Å². The van der Waals surface area contributed by atoms with Crippen molar-refractivity contribution in [3.05, 3.63) is 12.1 Å². The first-order valence-corrected chi connectivity index (χ1v) is 10.4. The van der Waals surface area contributed by atoms with E-state index in [0.717, 1.165) is 31.1 Å². The number of aromatic nitrogens is 2. The molecule has 1 aromatic carbocycles. The van der Waals surface area contributed by atoms with E-state index in [0.29, 0.717) is 41.9 Å². The number of amides is 1. The third kappa shape index (κ3) is 3.90. The van der Waals surface area contributed by atoms with Crippen LogP contribution in [-0.2, 0) is 4.79 Å². The number of nitrogen functional groups attached to an aromatic ring is 1. The molecule has 2 aliphatic rings. The van der Waals surface area contributed by atoms with Gasteiger partial charge < -0.3 is 25.0 Å². The van der Waals surface area contributed by atoms with Gasteiger partial charge in [-0.2, -0.15) is 4.98 Å². The highest BCUT2D eigenvalue weighted by Gasteiger charge is 2.41. The van der Waals surface area contributed by atoms with E-state index in [9.17, 15) is 4.79 Å². The Balaban J connectivity index is 0.00000256. The average Bonchev–Trinajstić information content (AvgIpc) is 2.76. The molecule has 0 unspecified atom stereocenters. The fraction of sp³-hybridized carbons (Fsp3) is 0.550. The Morgan fingerprint density at radius 3 is 2.47 bits per heavy atom. The summed E-state index contributed by atoms with van der Waals surface area (Å²) in [5.41, 5.74) is 6.99. The Morgan fingerprint density at radius 1 is 1.13 bits per heavy atom. The second-order valence-corrected chi connectivity index (χ2v) is 7.73. The maximum absolute atomic E-state index is 12.3. The Kier molecular flexibility index (Phi) is 6.98. The van der Waals surface area contributed by atoms with Crippen molar-refractivity contribution in [2.75, 3.05) is 43.8 Å². The third-order valence-corrected chi connectivity index (χ3v) is 6.22. The average molecular weight is 456 g/mol. The molecule has 2 N–H and O–H groups in total. The largest absolute Gasteiger partial charge is 0.493 e. The zero-order valence-electron chi connectivity index (χ0n) is 17.1. The molecule has 30 heavy (non-hydrogen) atoms. The van der Waals surface area contributed by atoms with Crippen LogP contribution in [0.1, 0.15) is 25.7 Å². The van der Waals surface area contributed by atoms with Crippen LogP contribution >= 0.6 is 24.0 Å². The summed E-state index contributed by atoms with van der Waals surface area (Å²) < 4.78 is 10.8. The van der Waals surface area contributed by atoms with Gasteiger partial charge in [0.1, 0.15) is 11.7 Å². The highest BCUT2D eigenvalue weighted by atomic mass is 35.5. The van der Waals surface area contributed by atoms with Crippen LogP contribution in [0.15, 0.2) is 12.1 Å². The summed E-state index contributed by atoms with van der Waals surface area (Å²) in [6.45, 7) is 1.27. The maximum Gasteiger partial charge on any atom is 0.237 e. The molecule has 8 nitrogen and oxygen atoms in total. The van der Waals surface area contributed by atoms with E-state index in [1.807, 2.05) is 11.0 Å². The Hall–Kier alpha value is -2.19. The van der Waals surface area contributed by atoms with Crippen molar-refractivity contribution in [1.82, 2.24) is 14.9 Å². The fourth-order valence-electron chi connectivity index (χ4n) is 4.60. The second-order valence-electron chi connectivity index (χ2n) is 7.47. The molecule has 1 aliphatic carbocycles. The fourth-order valence-corrected chi connectivity index (χ4v) is 4.75. The molecular formula is C20H27Cl2N5O3. The molecule has 1 saturated heterocycles. The van der Waals surface area contributed by atoms with Crippen molar-refractivity contribution >= 4 is 52.6 Å². The first-order valence-electron chi connectivity index (χ1n) is 9.88. The third-order valence-electron chi connectivity index (χ3n) is 5.99. The lowest BCUT2D eigenvalue weighted by molar-refractivity contribution is -0.132. The minimum Gasteiger partial charge on any atom is -0.493 e. The molecule has 0 radical (unpaired) electrons. The first kappa shape index (κ1) is 22.5. The minimum atomic E-state index is -0.000934. The smallest absolute Gasteiger partial charge is 0.237 e. The van der Waals surface area contributed by atoms with Gasteiger partial charge in [0, 0.05) is 24.5 Å². The summed E-state index contributed by atoms with van der Waals surface area (Å²) in [5.74, 6) is 2.19. The summed E-state index contributed by atoms with van der Waals surface area (Å²) >= 11 is 5.84. The molecule has 2 aromatic rings. The van der Waals surface area contributed by atoms with Gasteiger partial charge in [-0.05, 0) is 18.9 Å². The standard InChI is InChI=1S/C20H26ClN5O3.ClH/c1-28-16-9-12-13(10-17(16)29-2)23-20(24-19(12)22)26-8-7-25(18(27)11-21)14-5-3-4-6-15(14)26;/h9-10,14-15H,3-8,11H2,1-2H3,(H2,22,23,24);1H/t14-,15+;/m1./s1. The van der Waals surface area contributed by atoms with Crippen molar-refractivity contribution < 1.29 is 14.3 Å². The summed E-state index contributed by atoms with van der Waals surface area (Å²) in [5, 5.41) is 0.725. The van der Waals surface area contributed by atoms with Gasteiger partial charge in [-0.1, -0.05) is 12.8 Å². The number of fused-ring (bicyclic) bond motifs is 2. The SMILES string of the molecule is COc1cc2nc(N3CCN(C(=O)CCl)[C@@H]4CCCC[C@@H]43)nc(N)c2cc1OC.Cl. The molecule has 2 fully saturated rings. The number of methoxy groups -OCH3 is 2. The van der Waals surface area contributed by atoms with Crippen molar-refractivity contribution in [3.8, 4) is 11.5 Å². The molecule has 4 rings (SSSR count). The van der Waals surface area contributed by atoms with Gasteiger partial charge in [0.05, 0.1) is 31.8 Å². The zero-order valence-corrected chi connectivity index (χ0v) is 18.7. The number of ether oxygens (including phenoxy) is 2. The number of hydrogen-bond donors (Lipinski definition) is 1. The lowest BCUT2D eigenvalue weighted by Gasteiger charge is -2.49. The van der Waals surface area contributed by atoms with Gasteiger partial charge >= 0.3 is 0 Å². The van der Waals surface area contributed by atoms with Gasteiger partial charge in [0.15, 0.2) is 11.5 Å². The van der Waals surface area contributed by atoms with E-state index < -0.39 is 0 Å². The lowest BCUT2D eigenvalue weighted by Crippen LogP contribution is -2.62. The van der Waals surface area contributed by atoms with E-state index in [1.165, 1.54) is 0 Å². The normalized spacial score (nSPS) is 21.0. The van der Waals surface area contributed by atoms with E-state index in [-0.39, 0.29) is 36.3 Å². The molecule has 2 atom stereocenters. The molecule has 1 aliphatic heterocycles. The van der Waals surface area contributed by atoms with Crippen molar-refractivity contribution in [1.29, 1.82) is 0 Å². The number of carbonyl (C=O) groups is 1. The summed E-state index contributed by atoms with van der Waals surface area (Å²) in [4.78, 5) is 25.9. The van der Waals surface area contributed by atoms with Crippen LogP contribution in [0.3, 0.4) is 0 Å². The molecule has 1 saturated carbocycles. The van der Waals surface area contributed by atoms with E-state index >= 15 is 0 Å². The van der Waals surface area contributed by atoms with Crippen LogP contribution in [0.25, 0.3) is 10.9 Å². The molecule has 0 spiro atoms. The monoisotopic (exact) mass is 455 g/mol. The van der Waals surface area contributed by atoms with Crippen LogP contribution in [0, 0.1) is 0 Å². The summed E-state index contributed by atoms with van der Waals surface area (Å²) in [7, 11) is 3.18. The maximum atomic E-state index is 12.3. The van der Waals surface area contributed by atoms with Crippen molar-refractivity contribution in [3.63, 3.8) is 0 Å². The molecule has 2 heterocycles. The van der Waals surface area contributed by atoms with Gasteiger partial charge in [0.2, 0.25) is 11.9 Å². The summed E-state index contributed by atoms with van der Waals surface area (Å²) in [6.07, 6.45) is 4.19. The number of piperazine rings is 1. The quantitative estimate of drug-likeness (QED) is 0.708. The van der Waals surface area contributed by atoms with Gasteiger partial charge in [-0.25, -0.2) is 4.98 Å². The van der Waals surface area contributed by atoms with Crippen LogP contribution in [0.5, 0.6) is 11.5 Å². The van der Waals surface area contributed by atoms with Crippen LogP contribution in [0.2, 0.25) is 0 Å². The molecule has 0 bridgehead atoms. The number of anilines is 2. The van der Waals surface area contributed by atoms with Crippen LogP contribution < -0.4 is 20.1 Å². The minimum absolute atomic E-state index is 0. The highest BCUT2D eigenvalue weighted by molar-refractivity contribution is 6.27. The van der Waals surface area contributed by atoms with Gasteiger partial charge in [-0.3, -0.25) is 4.79 Å². The number of benzene rings is 1. The van der Waals surface area contributed by atoms with Gasteiger partial charge in [-0.15, -0.1) is 24.0 Å². The lowest BCUT2D eigenvalue weighted by atomic mass is 9.86. The topological polar surface area (TPSA) is 93.8 Å². The zero-order chi connectivity index (χ0) is 20.5. The van der Waals surface area contributed by atoms with E-state index in [1.54, 1.807) is 20.3 Å². The molecule has 1 aromatic heterocycles. The molecule has 10 heteroatoms. The number of hydrogen-bond acceptors (Lipinski definition) is 7. The van der Waals surface area contributed by atoms with E-state index in [4.69, 9.17) is 31.8 Å². The predicted molar refractivity (Wildman–Crippen MR) is 120 cm³/mol. The number of carbonyl (C=O) groups excluding carboxylic acids is 1. The van der Waals surface area contributed by atoms with Crippen molar-refractivity contribution in [2.45, 2.75) is 37.8 Å². The van der Waals surface area contributed by atoms with Gasteiger partial charge in [0.25, 0.3) is 0 Å². The highest BCUT2D eigenvalue weighted by Crippen LogP contribution is 2.36. The molecule has 1 amide bonds. The second kappa shape index (κ2) is 9.31. The van der Waals surface area contributed by atoms with Crippen molar-refractivity contribution in [2.24, 2.45) is 0 Å². The number of nitrogens with zero attached hydrogens (tertiary/aromatic N) is 4. The predicted octanol–water partition coefficient (Wildman–Crippen LogP) is 2.85. The number of alkyl halides is 1. The Labute approximate surface area is 187 Å². The summed E-state index contributed by atoms with van der Waals surface area (Å²) in [6, 6.07) is 3.92. The first-order chi connectivity index (χ1) is 14.1. The number of halogens is 2. The van der Waals surface area contributed by atoms with Crippen LogP contribution in [-0.4, -0.2) is 66.0 Å². The molecule has 164 valence electrons. The Morgan fingerprint density at radius 2 is 1.80 bits per heavy atom. The van der Waals surface area contributed by atoms with Crippen LogP contribution in [0.4, 0.5) is 11.8 Å². The number of nitrogens with two attached hydrogens (primary N) is 1.